The van der Waals surface area contributed by atoms with Gasteiger partial charge in [-0.05, 0) is 111 Å². The van der Waals surface area contributed by atoms with E-state index in [1.165, 1.54) is 5.57 Å². The van der Waals surface area contributed by atoms with Gasteiger partial charge in [0.1, 0.15) is 0 Å². The van der Waals surface area contributed by atoms with Crippen LogP contribution in [0.2, 0.25) is 0 Å². The Bertz CT molecular complexity index is 1040. The van der Waals surface area contributed by atoms with Crippen LogP contribution in [0.25, 0.3) is 0 Å². The maximum atomic E-state index is 12.9. The summed E-state index contributed by atoms with van der Waals surface area (Å²) in [6.45, 7) is 17.3. The molecule has 222 valence electrons. The molecule has 4 fully saturated rings. The second kappa shape index (κ2) is 8.78. The van der Waals surface area contributed by atoms with Gasteiger partial charge in [-0.3, -0.25) is 4.79 Å². The zero-order valence-corrected chi connectivity index (χ0v) is 25.6. The fourth-order valence-electron chi connectivity index (χ4n) is 11.1. The maximum Gasteiger partial charge on any atom is 0.310 e. The number of carbonyl (C=O) groups is 1. The van der Waals surface area contributed by atoms with Crippen LogP contribution >= 0.6 is 0 Å². The van der Waals surface area contributed by atoms with Gasteiger partial charge in [0.05, 0.1) is 24.2 Å². The minimum atomic E-state index is -1.31. The molecule has 0 saturated heterocycles. The number of aliphatic hydroxyl groups is 3. The van der Waals surface area contributed by atoms with Crippen molar-refractivity contribution in [2.45, 2.75) is 131 Å². The summed E-state index contributed by atoms with van der Waals surface area (Å²) in [4.78, 5) is 12.9. The third-order valence-corrected chi connectivity index (χ3v) is 13.6. The van der Waals surface area contributed by atoms with Crippen LogP contribution in [0.15, 0.2) is 11.6 Å². The lowest BCUT2D eigenvalue weighted by Gasteiger charge is -2.71. The fraction of sp³-hybridized carbons (Fsp3) is 0.909. The van der Waals surface area contributed by atoms with E-state index in [1.54, 1.807) is 13.8 Å². The number of ether oxygens (including phenoxy) is 1. The third-order valence-electron chi connectivity index (χ3n) is 13.6. The number of aliphatic carboxylic acids is 1. The van der Waals surface area contributed by atoms with Crippen LogP contribution in [0.1, 0.15) is 113 Å². The van der Waals surface area contributed by atoms with E-state index in [0.717, 1.165) is 51.4 Å². The second-order valence-corrected chi connectivity index (χ2v) is 16.6. The monoisotopic (exact) mass is 546 g/mol. The van der Waals surface area contributed by atoms with Crippen molar-refractivity contribution in [1.82, 2.24) is 0 Å². The molecule has 0 radical (unpaired) electrons. The standard InChI is InChI=1S/C33H54O6/c1-27(2)13-15-33(26(36)37)16-14-31(7)20(21(33)17-27)9-10-24-29(5)18-22(34)25(35)30(6,19-39-28(3,4)38)23(29)11-12-32(24,31)8/h9,21-25,34-35,38H,10-19H2,1-8H3,(H,36,37)/t21-,22-,23+,24+,25-,29-,30-,31+,32+,33-/m0/s1. The number of carboxylic acid groups (broad SMARTS) is 1. The first-order chi connectivity index (χ1) is 17.8. The normalized spacial score (nSPS) is 51.1. The van der Waals surface area contributed by atoms with Gasteiger partial charge in [0.25, 0.3) is 0 Å². The van der Waals surface area contributed by atoms with Crippen LogP contribution in [0.5, 0.6) is 0 Å². The zero-order valence-electron chi connectivity index (χ0n) is 25.6. The average molecular weight is 547 g/mol. The molecule has 0 amide bonds. The summed E-state index contributed by atoms with van der Waals surface area (Å²) in [5, 5.41) is 43.5. The lowest BCUT2D eigenvalue weighted by Crippen LogP contribution is -2.68. The molecule has 5 rings (SSSR count). The molecule has 6 heteroatoms. The molecule has 0 unspecified atom stereocenters. The smallest absolute Gasteiger partial charge is 0.310 e. The van der Waals surface area contributed by atoms with Crippen LogP contribution in [-0.2, 0) is 9.53 Å². The van der Waals surface area contributed by atoms with Gasteiger partial charge in [-0.2, -0.15) is 0 Å². The van der Waals surface area contributed by atoms with Gasteiger partial charge in [-0.25, -0.2) is 0 Å². The van der Waals surface area contributed by atoms with Crippen molar-refractivity contribution in [2.24, 2.45) is 50.2 Å². The lowest BCUT2D eigenvalue weighted by molar-refractivity contribution is -0.271. The van der Waals surface area contributed by atoms with E-state index in [0.29, 0.717) is 12.3 Å². The van der Waals surface area contributed by atoms with Crippen molar-refractivity contribution < 1.29 is 30.0 Å². The van der Waals surface area contributed by atoms with Crippen LogP contribution in [0.4, 0.5) is 0 Å². The Hall–Kier alpha value is -0.950. The van der Waals surface area contributed by atoms with Gasteiger partial charge in [0.15, 0.2) is 5.79 Å². The Morgan fingerprint density at radius 3 is 2.23 bits per heavy atom. The molecule has 0 aromatic heterocycles. The van der Waals surface area contributed by atoms with E-state index in [9.17, 15) is 25.2 Å². The van der Waals surface area contributed by atoms with Crippen molar-refractivity contribution >= 4 is 5.97 Å². The topological polar surface area (TPSA) is 107 Å². The molecule has 10 atom stereocenters. The summed E-state index contributed by atoms with van der Waals surface area (Å²) >= 11 is 0. The van der Waals surface area contributed by atoms with E-state index in [-0.39, 0.29) is 40.1 Å². The van der Waals surface area contributed by atoms with Crippen LogP contribution in [0, 0.1) is 50.2 Å². The Balaban J connectivity index is 1.57. The quantitative estimate of drug-likeness (QED) is 0.257. The summed E-state index contributed by atoms with van der Waals surface area (Å²) in [7, 11) is 0. The Labute approximate surface area is 235 Å². The van der Waals surface area contributed by atoms with Crippen molar-refractivity contribution in [1.29, 1.82) is 0 Å². The average Bonchev–Trinajstić information content (AvgIpc) is 2.81. The van der Waals surface area contributed by atoms with Crippen molar-refractivity contribution in [3.63, 3.8) is 0 Å². The molecule has 5 aliphatic rings. The summed E-state index contributed by atoms with van der Waals surface area (Å²) in [5.41, 5.74) is -0.150. The van der Waals surface area contributed by atoms with E-state index >= 15 is 0 Å². The number of fused-ring (bicyclic) bond motifs is 7. The fourth-order valence-corrected chi connectivity index (χ4v) is 11.1. The van der Waals surface area contributed by atoms with Crippen molar-refractivity contribution in [2.75, 3.05) is 6.61 Å². The van der Waals surface area contributed by atoms with Gasteiger partial charge in [-0.1, -0.05) is 53.2 Å². The summed E-state index contributed by atoms with van der Waals surface area (Å²) in [6.07, 6.45) is 8.29. The molecule has 0 aliphatic heterocycles. The predicted octanol–water partition coefficient (Wildman–Crippen LogP) is 5.93. The minimum absolute atomic E-state index is 0.0331. The second-order valence-electron chi connectivity index (χ2n) is 16.6. The predicted molar refractivity (Wildman–Crippen MR) is 151 cm³/mol. The van der Waals surface area contributed by atoms with Crippen LogP contribution in [-0.4, -0.2) is 51.0 Å². The van der Waals surface area contributed by atoms with Crippen molar-refractivity contribution in [3.05, 3.63) is 11.6 Å². The molecule has 39 heavy (non-hydrogen) atoms. The summed E-state index contributed by atoms with van der Waals surface area (Å²) in [5.74, 6) is -1.41. The number of hydrogen-bond acceptors (Lipinski definition) is 5. The van der Waals surface area contributed by atoms with Gasteiger partial charge in [0, 0.05) is 5.41 Å². The Kier molecular flexibility index (Phi) is 6.65. The summed E-state index contributed by atoms with van der Waals surface area (Å²) in [6, 6.07) is 0. The first kappa shape index (κ1) is 29.5. The molecular formula is C33H54O6. The number of allylic oxidation sites excluding steroid dienone is 2. The zero-order chi connectivity index (χ0) is 29.0. The van der Waals surface area contributed by atoms with E-state index < -0.39 is 34.8 Å². The summed E-state index contributed by atoms with van der Waals surface area (Å²) < 4.78 is 5.88. The van der Waals surface area contributed by atoms with Crippen molar-refractivity contribution in [3.8, 4) is 0 Å². The van der Waals surface area contributed by atoms with E-state index in [4.69, 9.17) is 4.74 Å². The SMILES string of the molecule is CC1(C)CC[C@]2(C(=O)O)CC[C@]3(C)C(=CC[C@@H]4[C@@]5(C)C[C@H](O)[C@H](O)[C@@](C)(COC(C)(C)O)[C@@H]5CC[C@]43C)[C@@H]2C1. The number of carboxylic acids is 1. The molecule has 0 spiro atoms. The highest BCUT2D eigenvalue weighted by molar-refractivity contribution is 5.76. The molecule has 0 aromatic rings. The molecule has 0 bridgehead atoms. The van der Waals surface area contributed by atoms with Gasteiger partial charge >= 0.3 is 5.97 Å². The minimum Gasteiger partial charge on any atom is -0.481 e. The number of hydrogen-bond donors (Lipinski definition) is 4. The Morgan fingerprint density at radius 1 is 0.974 bits per heavy atom. The molecule has 6 nitrogen and oxygen atoms in total. The Morgan fingerprint density at radius 2 is 1.62 bits per heavy atom. The maximum absolute atomic E-state index is 12.9. The van der Waals surface area contributed by atoms with Gasteiger partial charge < -0.3 is 25.2 Å². The van der Waals surface area contributed by atoms with E-state index in [2.05, 4.69) is 40.7 Å². The molecular weight excluding hydrogens is 492 g/mol. The highest BCUT2D eigenvalue weighted by Crippen LogP contribution is 2.75. The largest absolute Gasteiger partial charge is 0.481 e. The number of rotatable bonds is 4. The molecule has 4 saturated carbocycles. The van der Waals surface area contributed by atoms with E-state index in [1.807, 2.05) is 6.92 Å². The molecule has 5 aliphatic carbocycles. The molecule has 0 heterocycles. The lowest BCUT2D eigenvalue weighted by atomic mass is 9.33. The van der Waals surface area contributed by atoms with Gasteiger partial charge in [-0.15, -0.1) is 0 Å². The van der Waals surface area contributed by atoms with Gasteiger partial charge in [0.2, 0.25) is 0 Å². The third kappa shape index (κ3) is 4.05. The molecule has 4 N–H and O–H groups in total. The first-order valence-electron chi connectivity index (χ1n) is 15.4. The van der Waals surface area contributed by atoms with Crippen LogP contribution in [0.3, 0.4) is 0 Å². The highest BCUT2D eigenvalue weighted by Gasteiger charge is 2.70. The van der Waals surface area contributed by atoms with Crippen LogP contribution < -0.4 is 0 Å². The highest BCUT2D eigenvalue weighted by atomic mass is 16.6. The molecule has 0 aromatic carbocycles. The first-order valence-corrected chi connectivity index (χ1v) is 15.4. The number of aliphatic hydroxyl groups excluding tert-OH is 2.